The number of rotatable bonds is 2. The average molecular weight is 254 g/mol. The van der Waals surface area contributed by atoms with Gasteiger partial charge < -0.3 is 5.73 Å². The fourth-order valence-electron chi connectivity index (χ4n) is 2.10. The van der Waals surface area contributed by atoms with Gasteiger partial charge in [-0.3, -0.25) is 0 Å². The molecule has 1 unspecified atom stereocenters. The molecular formula is C12H16BrN. The van der Waals surface area contributed by atoms with Gasteiger partial charge in [-0.1, -0.05) is 28.1 Å². The van der Waals surface area contributed by atoms with Crippen molar-refractivity contribution in [2.24, 2.45) is 5.73 Å². The van der Waals surface area contributed by atoms with E-state index >= 15 is 0 Å². The molecule has 0 aromatic heterocycles. The molecule has 0 bridgehead atoms. The maximum atomic E-state index is 6.04. The number of hydrogen-bond acceptors (Lipinski definition) is 1. The van der Waals surface area contributed by atoms with Crippen LogP contribution in [-0.4, -0.2) is 6.04 Å². The smallest absolute Gasteiger partial charge is 0.0204 e. The monoisotopic (exact) mass is 253 g/mol. The standard InChI is InChI=1S/C12H16BrN/c1-8-7-10(3-4-11(8)13)12(5-6-12)9(2)14/h3-4,7,9H,5-6,14H2,1-2H3. The predicted octanol–water partition coefficient (Wildman–Crippen LogP) is 3.14. The Morgan fingerprint density at radius 3 is 2.50 bits per heavy atom. The molecule has 0 saturated heterocycles. The molecule has 1 nitrogen and oxygen atoms in total. The van der Waals surface area contributed by atoms with E-state index in [1.54, 1.807) is 0 Å². The van der Waals surface area contributed by atoms with Crippen molar-refractivity contribution in [1.29, 1.82) is 0 Å². The molecule has 1 aliphatic carbocycles. The van der Waals surface area contributed by atoms with Crippen LogP contribution in [0.1, 0.15) is 30.9 Å². The molecule has 2 N–H and O–H groups in total. The number of aryl methyl sites for hydroxylation is 1. The second-order valence-corrected chi connectivity index (χ2v) is 5.26. The molecule has 1 saturated carbocycles. The van der Waals surface area contributed by atoms with Crippen LogP contribution in [0.3, 0.4) is 0 Å². The SMILES string of the molecule is Cc1cc(C2(C(C)N)CC2)ccc1Br. The van der Waals surface area contributed by atoms with Crippen molar-refractivity contribution in [3.05, 3.63) is 33.8 Å². The lowest BCUT2D eigenvalue weighted by Crippen LogP contribution is -2.31. The van der Waals surface area contributed by atoms with Gasteiger partial charge in [0.25, 0.3) is 0 Å². The minimum absolute atomic E-state index is 0.267. The fraction of sp³-hybridized carbons (Fsp3) is 0.500. The molecule has 0 aliphatic heterocycles. The third-order valence-electron chi connectivity index (χ3n) is 3.39. The van der Waals surface area contributed by atoms with Crippen molar-refractivity contribution in [3.63, 3.8) is 0 Å². The zero-order valence-corrected chi connectivity index (χ0v) is 10.3. The highest BCUT2D eigenvalue weighted by Gasteiger charge is 2.47. The minimum Gasteiger partial charge on any atom is -0.327 e. The second kappa shape index (κ2) is 3.35. The van der Waals surface area contributed by atoms with Crippen LogP contribution in [0.5, 0.6) is 0 Å². The zero-order chi connectivity index (χ0) is 10.3. The normalized spacial score (nSPS) is 20.6. The van der Waals surface area contributed by atoms with Crippen molar-refractivity contribution in [2.75, 3.05) is 0 Å². The summed E-state index contributed by atoms with van der Waals surface area (Å²) in [5, 5.41) is 0. The summed E-state index contributed by atoms with van der Waals surface area (Å²) in [7, 11) is 0. The minimum atomic E-state index is 0.267. The van der Waals surface area contributed by atoms with Gasteiger partial charge in [-0.2, -0.15) is 0 Å². The van der Waals surface area contributed by atoms with E-state index in [-0.39, 0.29) is 11.5 Å². The van der Waals surface area contributed by atoms with Gasteiger partial charge in [0.15, 0.2) is 0 Å². The Hall–Kier alpha value is -0.340. The van der Waals surface area contributed by atoms with Crippen LogP contribution in [0.25, 0.3) is 0 Å². The van der Waals surface area contributed by atoms with Crippen LogP contribution in [0, 0.1) is 6.92 Å². The summed E-state index contributed by atoms with van der Waals surface area (Å²) in [6.45, 7) is 4.25. The van der Waals surface area contributed by atoms with Gasteiger partial charge in [0.2, 0.25) is 0 Å². The molecular weight excluding hydrogens is 238 g/mol. The number of benzene rings is 1. The van der Waals surface area contributed by atoms with Crippen molar-refractivity contribution >= 4 is 15.9 Å². The van der Waals surface area contributed by atoms with Gasteiger partial charge >= 0.3 is 0 Å². The number of nitrogens with two attached hydrogens (primary N) is 1. The molecule has 1 atom stereocenters. The quantitative estimate of drug-likeness (QED) is 0.862. The molecule has 1 fully saturated rings. The highest BCUT2D eigenvalue weighted by atomic mass is 79.9. The topological polar surface area (TPSA) is 26.0 Å². The lowest BCUT2D eigenvalue weighted by atomic mass is 9.89. The van der Waals surface area contributed by atoms with Crippen LogP contribution in [0.2, 0.25) is 0 Å². The first-order valence-electron chi connectivity index (χ1n) is 5.08. The van der Waals surface area contributed by atoms with Crippen LogP contribution in [0.15, 0.2) is 22.7 Å². The fourth-order valence-corrected chi connectivity index (χ4v) is 2.34. The molecule has 1 aromatic carbocycles. The Balaban J connectivity index is 2.38. The van der Waals surface area contributed by atoms with E-state index in [1.807, 2.05) is 0 Å². The maximum absolute atomic E-state index is 6.04. The number of halogens is 1. The number of hydrogen-bond donors (Lipinski definition) is 1. The van der Waals surface area contributed by atoms with E-state index in [2.05, 4.69) is 48.0 Å². The third kappa shape index (κ3) is 1.51. The van der Waals surface area contributed by atoms with Crippen molar-refractivity contribution < 1.29 is 0 Å². The maximum Gasteiger partial charge on any atom is 0.0204 e. The van der Waals surface area contributed by atoms with Crippen LogP contribution in [0.4, 0.5) is 0 Å². The third-order valence-corrected chi connectivity index (χ3v) is 4.28. The van der Waals surface area contributed by atoms with Crippen LogP contribution in [-0.2, 0) is 5.41 Å². The molecule has 0 heterocycles. The van der Waals surface area contributed by atoms with E-state index in [0.717, 1.165) is 0 Å². The largest absolute Gasteiger partial charge is 0.327 e. The first-order valence-corrected chi connectivity index (χ1v) is 5.88. The van der Waals surface area contributed by atoms with E-state index in [0.29, 0.717) is 0 Å². The summed E-state index contributed by atoms with van der Waals surface area (Å²) in [6, 6.07) is 6.86. The molecule has 1 aliphatic rings. The summed E-state index contributed by atoms with van der Waals surface area (Å²) in [6.07, 6.45) is 2.48. The highest BCUT2D eigenvalue weighted by molar-refractivity contribution is 9.10. The summed E-state index contributed by atoms with van der Waals surface area (Å²) in [5.74, 6) is 0. The first kappa shape index (κ1) is 10.2. The molecule has 0 radical (unpaired) electrons. The van der Waals surface area contributed by atoms with Gasteiger partial charge in [0.1, 0.15) is 0 Å². The van der Waals surface area contributed by atoms with E-state index in [9.17, 15) is 0 Å². The second-order valence-electron chi connectivity index (χ2n) is 4.41. The van der Waals surface area contributed by atoms with Crippen LogP contribution >= 0.6 is 15.9 Å². The molecule has 2 heteroatoms. The van der Waals surface area contributed by atoms with Gasteiger partial charge in [-0.05, 0) is 43.9 Å². The molecule has 2 rings (SSSR count). The summed E-state index contributed by atoms with van der Waals surface area (Å²) >= 11 is 3.52. The van der Waals surface area contributed by atoms with Crippen LogP contribution < -0.4 is 5.73 Å². The predicted molar refractivity (Wildman–Crippen MR) is 63.4 cm³/mol. The van der Waals surface area contributed by atoms with Gasteiger partial charge in [-0.25, -0.2) is 0 Å². The van der Waals surface area contributed by atoms with Crippen molar-refractivity contribution in [2.45, 2.75) is 38.1 Å². The molecule has 76 valence electrons. The van der Waals surface area contributed by atoms with Crippen molar-refractivity contribution in [3.8, 4) is 0 Å². The van der Waals surface area contributed by atoms with E-state index in [4.69, 9.17) is 5.73 Å². The Morgan fingerprint density at radius 2 is 2.07 bits per heavy atom. The lowest BCUT2D eigenvalue weighted by molar-refractivity contribution is 0.556. The van der Waals surface area contributed by atoms with Gasteiger partial charge in [0, 0.05) is 15.9 Å². The summed E-state index contributed by atoms with van der Waals surface area (Å²) < 4.78 is 1.18. The molecule has 14 heavy (non-hydrogen) atoms. The Labute approximate surface area is 93.8 Å². The molecule has 1 aromatic rings. The average Bonchev–Trinajstić information content (AvgIpc) is 2.90. The lowest BCUT2D eigenvalue weighted by Gasteiger charge is -2.20. The zero-order valence-electron chi connectivity index (χ0n) is 8.68. The van der Waals surface area contributed by atoms with Gasteiger partial charge in [-0.15, -0.1) is 0 Å². The first-order chi connectivity index (χ1) is 6.56. The Bertz CT molecular complexity index is 353. The Kier molecular flexibility index (Phi) is 2.44. The van der Waals surface area contributed by atoms with Gasteiger partial charge in [0.05, 0.1) is 0 Å². The summed E-state index contributed by atoms with van der Waals surface area (Å²) in [4.78, 5) is 0. The Morgan fingerprint density at radius 1 is 1.43 bits per heavy atom. The van der Waals surface area contributed by atoms with Crippen molar-refractivity contribution in [1.82, 2.24) is 0 Å². The van der Waals surface area contributed by atoms with E-state index in [1.165, 1.54) is 28.4 Å². The molecule has 0 amide bonds. The highest BCUT2D eigenvalue weighted by Crippen LogP contribution is 2.50. The summed E-state index contributed by atoms with van der Waals surface area (Å²) in [5.41, 5.74) is 9.04. The molecule has 0 spiro atoms. The van der Waals surface area contributed by atoms with E-state index < -0.39 is 0 Å².